The van der Waals surface area contributed by atoms with Gasteiger partial charge in [0.15, 0.2) is 0 Å². The number of aliphatic hydroxyl groups excluding tert-OH is 2. The number of carbonyl (C=O) groups is 1. The third-order valence-electron chi connectivity index (χ3n) is 5.48. The monoisotopic (exact) mass is 864 g/mol. The van der Waals surface area contributed by atoms with Crippen molar-refractivity contribution in [3.63, 3.8) is 0 Å². The molecule has 0 aliphatic rings. The highest BCUT2D eigenvalue weighted by Crippen LogP contribution is 2.20. The van der Waals surface area contributed by atoms with Crippen molar-refractivity contribution >= 4 is 106 Å². The van der Waals surface area contributed by atoms with E-state index >= 15 is 0 Å². The van der Waals surface area contributed by atoms with Crippen molar-refractivity contribution in [3.8, 4) is 0 Å². The lowest BCUT2D eigenvalue weighted by molar-refractivity contribution is 0.112. The molecular formula is C36H33Br4ClO3. The number of rotatable bonds is 8. The van der Waals surface area contributed by atoms with Gasteiger partial charge < -0.3 is 10.2 Å². The molecular weight excluding hydrogens is 835 g/mol. The molecule has 2 N–H and O–H groups in total. The number of aliphatic hydroxyl groups is 2. The summed E-state index contributed by atoms with van der Waals surface area (Å²) in [6.45, 7) is 14.9. The van der Waals surface area contributed by atoms with Gasteiger partial charge in [-0.15, -0.1) is 11.6 Å². The van der Waals surface area contributed by atoms with Gasteiger partial charge in [0.25, 0.3) is 0 Å². The molecule has 44 heavy (non-hydrogen) atoms. The third-order valence-corrected chi connectivity index (χ3v) is 7.62. The Morgan fingerprint density at radius 2 is 0.818 bits per heavy atom. The van der Waals surface area contributed by atoms with Crippen molar-refractivity contribution in [3.05, 3.63) is 162 Å². The van der Waals surface area contributed by atoms with Crippen LogP contribution in [0.5, 0.6) is 0 Å². The lowest BCUT2D eigenvalue weighted by atomic mass is 10.1. The maximum atomic E-state index is 10.3. The van der Waals surface area contributed by atoms with Gasteiger partial charge in [-0.2, -0.15) is 0 Å². The van der Waals surface area contributed by atoms with Crippen LogP contribution in [-0.2, 0) is 19.1 Å². The van der Waals surface area contributed by atoms with Gasteiger partial charge in [-0.25, -0.2) is 0 Å². The number of benzene rings is 4. The van der Waals surface area contributed by atoms with Gasteiger partial charge in [0.1, 0.15) is 6.29 Å². The van der Waals surface area contributed by atoms with Gasteiger partial charge in [0, 0.05) is 29.3 Å². The molecule has 0 aliphatic heterocycles. The minimum atomic E-state index is 0.0581. The number of alkyl halides is 1. The van der Waals surface area contributed by atoms with E-state index in [2.05, 4.69) is 90.0 Å². The summed E-state index contributed by atoms with van der Waals surface area (Å²) >= 11 is 18.9. The van der Waals surface area contributed by atoms with E-state index in [0.29, 0.717) is 11.4 Å². The molecule has 4 aromatic rings. The fourth-order valence-electron chi connectivity index (χ4n) is 3.48. The molecule has 4 aromatic carbocycles. The smallest absolute Gasteiger partial charge is 0.150 e. The molecule has 0 bridgehead atoms. The van der Waals surface area contributed by atoms with Gasteiger partial charge in [-0.3, -0.25) is 4.79 Å². The van der Waals surface area contributed by atoms with Crippen LogP contribution in [0.3, 0.4) is 0 Å². The van der Waals surface area contributed by atoms with Gasteiger partial charge in [-0.1, -0.05) is 126 Å². The topological polar surface area (TPSA) is 57.5 Å². The summed E-state index contributed by atoms with van der Waals surface area (Å²) in [4.78, 5) is 10.3. The van der Waals surface area contributed by atoms with E-state index < -0.39 is 0 Å². The van der Waals surface area contributed by atoms with Gasteiger partial charge in [0.2, 0.25) is 0 Å². The molecule has 8 heteroatoms. The van der Waals surface area contributed by atoms with Gasteiger partial charge in [-0.05, 0) is 99.6 Å². The zero-order valence-corrected chi connectivity index (χ0v) is 31.1. The summed E-state index contributed by atoms with van der Waals surface area (Å²) in [6, 6.07) is 22.9. The van der Waals surface area contributed by atoms with Crippen LogP contribution < -0.4 is 0 Å². The predicted molar refractivity (Wildman–Crippen MR) is 204 cm³/mol. The fourth-order valence-corrected chi connectivity index (χ4v) is 6.35. The predicted octanol–water partition coefficient (Wildman–Crippen LogP) is 11.9. The maximum Gasteiger partial charge on any atom is 0.150 e. The van der Waals surface area contributed by atoms with E-state index in [-0.39, 0.29) is 13.2 Å². The third kappa shape index (κ3) is 15.6. The molecule has 0 saturated carbocycles. The Bertz CT molecular complexity index is 1410. The minimum Gasteiger partial charge on any atom is -0.392 e. The van der Waals surface area contributed by atoms with Crippen molar-refractivity contribution in [1.82, 2.24) is 0 Å². The van der Waals surface area contributed by atoms with Crippen LogP contribution >= 0.6 is 75.3 Å². The Labute approximate surface area is 299 Å². The molecule has 0 spiro atoms. The zero-order chi connectivity index (χ0) is 33.1. The Morgan fingerprint density at radius 3 is 1.11 bits per heavy atom. The summed E-state index contributed by atoms with van der Waals surface area (Å²) in [6.07, 6.45) is 7.94. The first-order valence-corrected chi connectivity index (χ1v) is 16.7. The first-order chi connectivity index (χ1) is 21.0. The molecule has 3 nitrogen and oxygen atoms in total. The molecule has 0 fully saturated rings. The van der Waals surface area contributed by atoms with E-state index in [9.17, 15) is 4.79 Å². The van der Waals surface area contributed by atoms with E-state index in [4.69, 9.17) is 21.8 Å². The van der Waals surface area contributed by atoms with Crippen LogP contribution in [0.1, 0.15) is 49.3 Å². The molecule has 0 radical (unpaired) electrons. The summed E-state index contributed by atoms with van der Waals surface area (Å²) in [5.41, 5.74) is 7.76. The second-order valence-corrected chi connectivity index (χ2v) is 12.8. The molecule has 0 amide bonds. The number of hydrogen-bond acceptors (Lipinski definition) is 3. The highest BCUT2D eigenvalue weighted by molar-refractivity contribution is 9.11. The van der Waals surface area contributed by atoms with Crippen molar-refractivity contribution in [2.75, 3.05) is 0 Å². The Morgan fingerprint density at radius 1 is 0.500 bits per heavy atom. The number of aldehydes is 1. The largest absolute Gasteiger partial charge is 0.392 e. The number of carbonyl (C=O) groups excluding carboxylic acids is 1. The van der Waals surface area contributed by atoms with Crippen LogP contribution in [-0.4, -0.2) is 16.5 Å². The summed E-state index contributed by atoms with van der Waals surface area (Å²) in [5, 5.41) is 17.7. The van der Waals surface area contributed by atoms with Crippen molar-refractivity contribution in [2.45, 2.75) is 19.1 Å². The second kappa shape index (κ2) is 22.2. The number of hydrogen-bond donors (Lipinski definition) is 2. The fraction of sp³-hybridized carbons (Fsp3) is 0.0833. The van der Waals surface area contributed by atoms with E-state index in [1.54, 1.807) is 24.3 Å². The Kier molecular flexibility index (Phi) is 20.0. The lowest BCUT2D eigenvalue weighted by Crippen LogP contribution is -1.85. The quantitative estimate of drug-likeness (QED) is 0.137. The molecule has 0 aromatic heterocycles. The first-order valence-electron chi connectivity index (χ1n) is 13.0. The van der Waals surface area contributed by atoms with Crippen molar-refractivity contribution < 1.29 is 15.0 Å². The Hall–Kier alpha value is -2.36. The highest BCUT2D eigenvalue weighted by atomic mass is 79.9. The maximum absolute atomic E-state index is 10.3. The summed E-state index contributed by atoms with van der Waals surface area (Å²) in [7, 11) is 0. The van der Waals surface area contributed by atoms with Gasteiger partial charge >= 0.3 is 0 Å². The first kappa shape index (κ1) is 39.7. The van der Waals surface area contributed by atoms with Crippen LogP contribution in [0.15, 0.2) is 117 Å². The average molecular weight is 869 g/mol. The zero-order valence-electron chi connectivity index (χ0n) is 24.0. The minimum absolute atomic E-state index is 0.0581. The van der Waals surface area contributed by atoms with Crippen LogP contribution in [0.2, 0.25) is 0 Å². The molecule has 0 atom stereocenters. The molecule has 0 unspecified atom stereocenters. The van der Waals surface area contributed by atoms with Crippen LogP contribution in [0.25, 0.3) is 24.3 Å². The molecule has 0 saturated heterocycles. The van der Waals surface area contributed by atoms with Crippen molar-refractivity contribution in [2.24, 2.45) is 0 Å². The standard InChI is InChI=1S/C11H11Cl.C11H12O.C7H6Br2O.C7H4Br2O/c2*1-3-9-5-10(4-2)7-11(6-9)8-12;2*8-6-1-5(4-10)2-7(9)3-6/h3-7H,1-2,8H2;3-7,12H,1-2,8H2;1-3,10H,4H2;1-4H. The van der Waals surface area contributed by atoms with Crippen LogP contribution in [0.4, 0.5) is 0 Å². The number of halogens is 5. The van der Waals surface area contributed by atoms with E-state index in [1.165, 1.54) is 0 Å². The SMILES string of the molecule is C=Cc1cc(C=C)cc(CCl)c1.C=Cc1cc(C=C)cc(CO)c1.O=Cc1cc(Br)cc(Br)c1.OCc1cc(Br)cc(Br)c1. The highest BCUT2D eigenvalue weighted by Gasteiger charge is 1.97. The average Bonchev–Trinajstić information content (AvgIpc) is 3.03. The van der Waals surface area contributed by atoms with E-state index in [0.717, 1.165) is 63.1 Å². The van der Waals surface area contributed by atoms with Crippen LogP contribution in [0, 0.1) is 0 Å². The molecule has 0 aliphatic carbocycles. The lowest BCUT2D eigenvalue weighted by Gasteiger charge is -2.01. The second-order valence-electron chi connectivity index (χ2n) is 8.88. The normalized spacial score (nSPS) is 9.52. The molecule has 4 rings (SSSR count). The van der Waals surface area contributed by atoms with Gasteiger partial charge in [0.05, 0.1) is 13.2 Å². The summed E-state index contributed by atoms with van der Waals surface area (Å²) in [5.74, 6) is 0.530. The van der Waals surface area contributed by atoms with E-state index in [1.807, 2.05) is 72.8 Å². The van der Waals surface area contributed by atoms with Crippen molar-refractivity contribution in [1.29, 1.82) is 0 Å². The summed E-state index contributed by atoms with van der Waals surface area (Å²) < 4.78 is 3.77. The molecule has 0 heterocycles. The Balaban J connectivity index is 0.000000294. The molecule has 230 valence electrons.